The number of carbonyl (C=O) groups is 1. The first-order chi connectivity index (χ1) is 12.0. The summed E-state index contributed by atoms with van der Waals surface area (Å²) in [4.78, 5) is 25.7. The van der Waals surface area contributed by atoms with E-state index in [4.69, 9.17) is 20.8 Å². The molecule has 1 aromatic carbocycles. The lowest BCUT2D eigenvalue weighted by atomic mass is 10.1. The van der Waals surface area contributed by atoms with Crippen molar-refractivity contribution in [1.82, 2.24) is 4.90 Å². The van der Waals surface area contributed by atoms with E-state index < -0.39 is 5.63 Å². The van der Waals surface area contributed by atoms with Gasteiger partial charge in [0.25, 0.3) is 0 Å². The molecule has 0 bridgehead atoms. The maximum absolute atomic E-state index is 12.4. The van der Waals surface area contributed by atoms with Gasteiger partial charge in [0.2, 0.25) is 5.91 Å². The van der Waals surface area contributed by atoms with Crippen molar-refractivity contribution in [2.24, 2.45) is 0 Å². The molecule has 0 atom stereocenters. The minimum absolute atomic E-state index is 0.00874. The molecule has 1 aromatic heterocycles. The molecule has 0 radical (unpaired) electrons. The van der Waals surface area contributed by atoms with Crippen LogP contribution in [0.1, 0.15) is 24.2 Å². The van der Waals surface area contributed by atoms with Gasteiger partial charge in [0.15, 0.2) is 0 Å². The van der Waals surface area contributed by atoms with E-state index in [2.05, 4.69) is 0 Å². The lowest BCUT2D eigenvalue weighted by molar-refractivity contribution is -0.132. The van der Waals surface area contributed by atoms with E-state index in [9.17, 15) is 9.59 Å². The van der Waals surface area contributed by atoms with Gasteiger partial charge >= 0.3 is 5.63 Å². The lowest BCUT2D eigenvalue weighted by Crippen LogP contribution is -2.42. The SMILES string of the molecule is Cc1cc(OC2CCN(C(=O)Cc3ccccc3Cl)CC2)cc(=O)o1. The molecule has 0 unspecified atom stereocenters. The highest BCUT2D eigenvalue weighted by Gasteiger charge is 2.24. The Morgan fingerprint density at radius 1 is 1.28 bits per heavy atom. The van der Waals surface area contributed by atoms with Crippen LogP contribution in [0, 0.1) is 6.92 Å². The Hall–Kier alpha value is -2.27. The van der Waals surface area contributed by atoms with Crippen molar-refractivity contribution < 1.29 is 13.9 Å². The number of likely N-dealkylation sites (tertiary alicyclic amines) is 1. The third-order valence-electron chi connectivity index (χ3n) is 4.26. The van der Waals surface area contributed by atoms with Crippen molar-refractivity contribution >= 4 is 17.5 Å². The molecule has 3 rings (SSSR count). The topological polar surface area (TPSA) is 59.8 Å². The Balaban J connectivity index is 1.54. The summed E-state index contributed by atoms with van der Waals surface area (Å²) in [7, 11) is 0. The molecule has 0 spiro atoms. The van der Waals surface area contributed by atoms with Crippen molar-refractivity contribution in [3.05, 3.63) is 63.2 Å². The summed E-state index contributed by atoms with van der Waals surface area (Å²) in [6, 6.07) is 10.5. The number of aryl methyl sites for hydroxylation is 1. The Morgan fingerprint density at radius 3 is 2.68 bits per heavy atom. The molecule has 5 nitrogen and oxygen atoms in total. The van der Waals surface area contributed by atoms with Crippen molar-refractivity contribution in [2.75, 3.05) is 13.1 Å². The van der Waals surface area contributed by atoms with E-state index in [1.165, 1.54) is 6.07 Å². The number of carbonyl (C=O) groups excluding carboxylic acids is 1. The fourth-order valence-corrected chi connectivity index (χ4v) is 3.18. The van der Waals surface area contributed by atoms with Gasteiger partial charge in [-0.1, -0.05) is 29.8 Å². The average Bonchev–Trinajstić information content (AvgIpc) is 2.56. The van der Waals surface area contributed by atoms with E-state index in [0.717, 1.165) is 18.4 Å². The van der Waals surface area contributed by atoms with Crippen molar-refractivity contribution in [2.45, 2.75) is 32.3 Å². The summed E-state index contributed by atoms with van der Waals surface area (Å²) in [5.74, 6) is 1.12. The van der Waals surface area contributed by atoms with Crippen molar-refractivity contribution in [3.63, 3.8) is 0 Å². The largest absolute Gasteiger partial charge is 0.490 e. The number of rotatable bonds is 4. The lowest BCUT2D eigenvalue weighted by Gasteiger charge is -2.32. The molecule has 1 aliphatic heterocycles. The molecule has 1 aliphatic rings. The van der Waals surface area contributed by atoms with Gasteiger partial charge in [0.05, 0.1) is 12.5 Å². The van der Waals surface area contributed by atoms with Gasteiger partial charge < -0.3 is 14.1 Å². The Labute approximate surface area is 151 Å². The summed E-state index contributed by atoms with van der Waals surface area (Å²) in [6.45, 7) is 2.98. The second-order valence-corrected chi connectivity index (χ2v) is 6.60. The molecule has 0 N–H and O–H groups in total. The third-order valence-corrected chi connectivity index (χ3v) is 4.63. The quantitative estimate of drug-likeness (QED) is 0.839. The number of amides is 1. The second-order valence-electron chi connectivity index (χ2n) is 6.19. The van der Waals surface area contributed by atoms with Crippen LogP contribution in [-0.2, 0) is 11.2 Å². The number of nitrogens with zero attached hydrogens (tertiary/aromatic N) is 1. The predicted molar refractivity (Wildman–Crippen MR) is 95.1 cm³/mol. The zero-order valence-electron chi connectivity index (χ0n) is 14.0. The predicted octanol–water partition coefficient (Wildman–Crippen LogP) is 3.21. The standard InChI is InChI=1S/C19H20ClNO4/c1-13-10-16(12-19(23)24-13)25-15-6-8-21(9-7-15)18(22)11-14-4-2-3-5-17(14)20/h2-5,10,12,15H,6-9,11H2,1H3. The highest BCUT2D eigenvalue weighted by atomic mass is 35.5. The Kier molecular flexibility index (Phi) is 5.43. The van der Waals surface area contributed by atoms with Crippen LogP contribution in [0.25, 0.3) is 0 Å². The minimum atomic E-state index is -0.414. The molecular weight excluding hydrogens is 342 g/mol. The van der Waals surface area contributed by atoms with Crippen LogP contribution in [0.5, 0.6) is 5.75 Å². The summed E-state index contributed by atoms with van der Waals surface area (Å²) in [5.41, 5.74) is 0.432. The van der Waals surface area contributed by atoms with Gasteiger partial charge in [-0.2, -0.15) is 0 Å². The molecule has 1 amide bonds. The normalized spacial score (nSPS) is 15.2. The fourth-order valence-electron chi connectivity index (χ4n) is 2.98. The van der Waals surface area contributed by atoms with Gasteiger partial charge in [-0.15, -0.1) is 0 Å². The van der Waals surface area contributed by atoms with Crippen LogP contribution < -0.4 is 10.4 Å². The van der Waals surface area contributed by atoms with Crippen LogP contribution >= 0.6 is 11.6 Å². The summed E-state index contributed by atoms with van der Waals surface area (Å²) < 4.78 is 10.8. The summed E-state index contributed by atoms with van der Waals surface area (Å²) in [6.07, 6.45) is 1.76. The second kappa shape index (κ2) is 7.74. The fraction of sp³-hybridized carbons (Fsp3) is 0.368. The molecule has 2 aromatic rings. The van der Waals surface area contributed by atoms with E-state index >= 15 is 0 Å². The maximum atomic E-state index is 12.4. The van der Waals surface area contributed by atoms with Crippen molar-refractivity contribution in [3.8, 4) is 5.75 Å². The molecule has 0 saturated carbocycles. The molecule has 2 heterocycles. The first-order valence-electron chi connectivity index (χ1n) is 8.31. The zero-order chi connectivity index (χ0) is 17.8. The van der Waals surface area contributed by atoms with E-state index in [1.807, 2.05) is 23.1 Å². The van der Waals surface area contributed by atoms with E-state index in [0.29, 0.717) is 36.0 Å². The van der Waals surface area contributed by atoms with Gasteiger partial charge in [0.1, 0.15) is 17.6 Å². The average molecular weight is 362 g/mol. The zero-order valence-corrected chi connectivity index (χ0v) is 14.8. The molecule has 1 saturated heterocycles. The maximum Gasteiger partial charge on any atom is 0.339 e. The number of piperidine rings is 1. The highest BCUT2D eigenvalue weighted by molar-refractivity contribution is 6.31. The number of hydrogen-bond donors (Lipinski definition) is 0. The first-order valence-corrected chi connectivity index (χ1v) is 8.68. The molecule has 6 heteroatoms. The summed E-state index contributed by atoms with van der Waals surface area (Å²) in [5, 5.41) is 0.618. The first kappa shape index (κ1) is 17.5. The van der Waals surface area contributed by atoms with Crippen LogP contribution in [-0.4, -0.2) is 30.0 Å². The van der Waals surface area contributed by atoms with Gasteiger partial charge in [0, 0.05) is 37.0 Å². The van der Waals surface area contributed by atoms with Crippen LogP contribution in [0.2, 0.25) is 5.02 Å². The number of halogens is 1. The van der Waals surface area contributed by atoms with Gasteiger partial charge in [-0.25, -0.2) is 4.79 Å². The third kappa shape index (κ3) is 4.63. The molecule has 25 heavy (non-hydrogen) atoms. The van der Waals surface area contributed by atoms with Crippen molar-refractivity contribution in [1.29, 1.82) is 0 Å². The molecule has 132 valence electrons. The number of benzene rings is 1. The van der Waals surface area contributed by atoms with Crippen LogP contribution in [0.4, 0.5) is 0 Å². The van der Waals surface area contributed by atoms with Gasteiger partial charge in [-0.3, -0.25) is 4.79 Å². The number of ether oxygens (including phenoxy) is 1. The smallest absolute Gasteiger partial charge is 0.339 e. The minimum Gasteiger partial charge on any atom is -0.490 e. The molecule has 0 aliphatic carbocycles. The number of hydrogen-bond acceptors (Lipinski definition) is 4. The monoisotopic (exact) mass is 361 g/mol. The van der Waals surface area contributed by atoms with Crippen LogP contribution in [0.15, 0.2) is 45.6 Å². The highest BCUT2D eigenvalue weighted by Crippen LogP contribution is 2.21. The summed E-state index contributed by atoms with van der Waals surface area (Å²) >= 11 is 6.12. The Morgan fingerprint density at radius 2 is 2.00 bits per heavy atom. The molecule has 1 fully saturated rings. The van der Waals surface area contributed by atoms with Gasteiger partial charge in [-0.05, 0) is 18.6 Å². The molecular formula is C19H20ClNO4. The van der Waals surface area contributed by atoms with Crippen LogP contribution in [0.3, 0.4) is 0 Å². The Bertz CT molecular complexity index is 809. The van der Waals surface area contributed by atoms with E-state index in [-0.39, 0.29) is 12.0 Å². The van der Waals surface area contributed by atoms with E-state index in [1.54, 1.807) is 19.1 Å².